The predicted molar refractivity (Wildman–Crippen MR) is 75.9 cm³/mol. The molecule has 0 amide bonds. The normalized spacial score (nSPS) is 11.9. The summed E-state index contributed by atoms with van der Waals surface area (Å²) in [4.78, 5) is 8.02. The van der Waals surface area contributed by atoms with Gasteiger partial charge in [-0.15, -0.1) is 11.3 Å². The molecule has 0 spiro atoms. The molecular formula is C13H9FN2O2S2. The molecule has 4 nitrogen and oxygen atoms in total. The fraction of sp³-hybridized carbons (Fsp3) is 0.0769. The fourth-order valence-corrected chi connectivity index (χ4v) is 3.43. The van der Waals surface area contributed by atoms with E-state index in [1.165, 1.54) is 29.8 Å². The molecule has 0 unspecified atom stereocenters. The van der Waals surface area contributed by atoms with E-state index < -0.39 is 15.7 Å². The first kappa shape index (κ1) is 13.1. The zero-order valence-electron chi connectivity index (χ0n) is 10.4. The molecule has 0 bridgehead atoms. The molecule has 1 aromatic carbocycles. The lowest BCUT2D eigenvalue weighted by molar-refractivity contribution is 0.596. The third-order valence-electron chi connectivity index (χ3n) is 2.90. The van der Waals surface area contributed by atoms with Gasteiger partial charge in [0.05, 0.1) is 15.1 Å². The number of thiophene rings is 1. The van der Waals surface area contributed by atoms with Crippen molar-refractivity contribution >= 4 is 31.4 Å². The molecule has 0 saturated carbocycles. The van der Waals surface area contributed by atoms with E-state index in [0.717, 1.165) is 17.0 Å². The summed E-state index contributed by atoms with van der Waals surface area (Å²) < 4.78 is 37.8. The quantitative estimate of drug-likeness (QED) is 0.730. The second-order valence-corrected chi connectivity index (χ2v) is 7.23. The van der Waals surface area contributed by atoms with Crippen molar-refractivity contribution in [3.05, 3.63) is 41.9 Å². The van der Waals surface area contributed by atoms with Crippen LogP contribution in [0.4, 0.5) is 4.39 Å². The minimum Gasteiger partial charge on any atom is -0.243 e. The van der Waals surface area contributed by atoms with E-state index in [1.807, 2.05) is 0 Å². The van der Waals surface area contributed by atoms with Crippen LogP contribution in [0.1, 0.15) is 0 Å². The molecule has 102 valence electrons. The van der Waals surface area contributed by atoms with Crippen molar-refractivity contribution in [2.45, 2.75) is 4.90 Å². The summed E-state index contributed by atoms with van der Waals surface area (Å²) in [5.74, 6) is -0.578. The highest BCUT2D eigenvalue weighted by molar-refractivity contribution is 7.90. The third kappa shape index (κ3) is 2.19. The SMILES string of the molecule is CS(=O)(=O)c1ccc(-c2csc3cncnc23)c(F)c1. The van der Waals surface area contributed by atoms with E-state index >= 15 is 0 Å². The van der Waals surface area contributed by atoms with Crippen molar-refractivity contribution in [2.75, 3.05) is 6.26 Å². The van der Waals surface area contributed by atoms with Crippen LogP contribution >= 0.6 is 11.3 Å². The molecule has 0 atom stereocenters. The van der Waals surface area contributed by atoms with Gasteiger partial charge < -0.3 is 0 Å². The van der Waals surface area contributed by atoms with Crippen LogP contribution in [-0.4, -0.2) is 24.6 Å². The van der Waals surface area contributed by atoms with Gasteiger partial charge in [0.15, 0.2) is 9.84 Å². The molecule has 0 aliphatic rings. The van der Waals surface area contributed by atoms with E-state index in [9.17, 15) is 12.8 Å². The van der Waals surface area contributed by atoms with Gasteiger partial charge in [-0.3, -0.25) is 0 Å². The van der Waals surface area contributed by atoms with Crippen LogP contribution in [0.5, 0.6) is 0 Å². The highest BCUT2D eigenvalue weighted by atomic mass is 32.2. The summed E-state index contributed by atoms with van der Waals surface area (Å²) in [6.45, 7) is 0. The number of rotatable bonds is 2. The molecule has 7 heteroatoms. The second kappa shape index (κ2) is 4.60. The molecule has 0 N–H and O–H groups in total. The van der Waals surface area contributed by atoms with E-state index in [0.29, 0.717) is 16.6 Å². The van der Waals surface area contributed by atoms with Crippen molar-refractivity contribution in [1.82, 2.24) is 9.97 Å². The molecule has 0 radical (unpaired) electrons. The Hall–Kier alpha value is -1.86. The standard InChI is InChI=1S/C13H9FN2O2S2/c1-20(17,18)8-2-3-9(11(14)4-8)10-6-19-12-5-15-7-16-13(10)12/h2-7H,1H3. The van der Waals surface area contributed by atoms with Crippen LogP contribution < -0.4 is 0 Å². The molecule has 0 aliphatic carbocycles. The molecular weight excluding hydrogens is 299 g/mol. The Bertz CT molecular complexity index is 904. The maximum Gasteiger partial charge on any atom is 0.175 e. The summed E-state index contributed by atoms with van der Waals surface area (Å²) in [6.07, 6.45) is 4.12. The van der Waals surface area contributed by atoms with Gasteiger partial charge in [-0.1, -0.05) is 6.07 Å². The first-order valence-electron chi connectivity index (χ1n) is 5.64. The highest BCUT2D eigenvalue weighted by Crippen LogP contribution is 2.34. The third-order valence-corrected chi connectivity index (χ3v) is 4.91. The van der Waals surface area contributed by atoms with Crippen molar-refractivity contribution in [3.8, 4) is 11.1 Å². The van der Waals surface area contributed by atoms with Gasteiger partial charge in [0.25, 0.3) is 0 Å². The molecule has 3 aromatic rings. The maximum atomic E-state index is 14.2. The van der Waals surface area contributed by atoms with E-state index in [1.54, 1.807) is 11.6 Å². The Balaban J connectivity index is 2.21. The Kier molecular flexibility index (Phi) is 3.02. The van der Waals surface area contributed by atoms with E-state index in [-0.39, 0.29) is 4.90 Å². The minimum absolute atomic E-state index is 0.0343. The van der Waals surface area contributed by atoms with Crippen LogP contribution in [0.3, 0.4) is 0 Å². The van der Waals surface area contributed by atoms with E-state index in [4.69, 9.17) is 0 Å². The number of halogens is 1. The number of fused-ring (bicyclic) bond motifs is 1. The molecule has 3 rings (SSSR count). The van der Waals surface area contributed by atoms with Crippen LogP contribution in [0.2, 0.25) is 0 Å². The van der Waals surface area contributed by atoms with Gasteiger partial charge in [-0.05, 0) is 12.1 Å². The lowest BCUT2D eigenvalue weighted by Crippen LogP contribution is -1.98. The lowest BCUT2D eigenvalue weighted by Gasteiger charge is -2.04. The lowest BCUT2D eigenvalue weighted by atomic mass is 10.1. The topological polar surface area (TPSA) is 59.9 Å². The van der Waals surface area contributed by atoms with E-state index in [2.05, 4.69) is 9.97 Å². The Morgan fingerprint density at radius 1 is 1.25 bits per heavy atom. The van der Waals surface area contributed by atoms with Gasteiger partial charge in [-0.25, -0.2) is 22.8 Å². The van der Waals surface area contributed by atoms with Gasteiger partial charge in [-0.2, -0.15) is 0 Å². The van der Waals surface area contributed by atoms with Crippen molar-refractivity contribution in [2.24, 2.45) is 0 Å². The fourth-order valence-electron chi connectivity index (χ4n) is 1.92. The van der Waals surface area contributed by atoms with Crippen molar-refractivity contribution in [1.29, 1.82) is 0 Å². The molecule has 2 aromatic heterocycles. The predicted octanol–water partition coefficient (Wildman–Crippen LogP) is 2.90. The van der Waals surface area contributed by atoms with Crippen LogP contribution in [-0.2, 0) is 9.84 Å². The Labute approximate surface area is 118 Å². The van der Waals surface area contributed by atoms with Crippen LogP contribution in [0, 0.1) is 5.82 Å². The Morgan fingerprint density at radius 2 is 2.05 bits per heavy atom. The number of nitrogens with zero attached hydrogens (tertiary/aromatic N) is 2. The number of hydrogen-bond acceptors (Lipinski definition) is 5. The number of aromatic nitrogens is 2. The molecule has 2 heterocycles. The van der Waals surface area contributed by atoms with Crippen LogP contribution in [0.25, 0.3) is 21.3 Å². The average molecular weight is 308 g/mol. The van der Waals surface area contributed by atoms with Gasteiger partial charge in [0.1, 0.15) is 12.1 Å². The summed E-state index contributed by atoms with van der Waals surface area (Å²) in [6, 6.07) is 3.91. The first-order valence-corrected chi connectivity index (χ1v) is 8.41. The number of hydrogen-bond donors (Lipinski definition) is 0. The molecule has 0 aliphatic heterocycles. The second-order valence-electron chi connectivity index (χ2n) is 4.30. The number of benzene rings is 1. The van der Waals surface area contributed by atoms with Gasteiger partial charge in [0, 0.05) is 29.0 Å². The van der Waals surface area contributed by atoms with Gasteiger partial charge >= 0.3 is 0 Å². The molecule has 0 saturated heterocycles. The van der Waals surface area contributed by atoms with Crippen molar-refractivity contribution < 1.29 is 12.8 Å². The minimum atomic E-state index is -3.42. The number of sulfone groups is 1. The summed E-state index contributed by atoms with van der Waals surface area (Å²) in [5.41, 5.74) is 1.64. The molecule has 20 heavy (non-hydrogen) atoms. The van der Waals surface area contributed by atoms with Gasteiger partial charge in [0.2, 0.25) is 0 Å². The zero-order chi connectivity index (χ0) is 14.3. The smallest absolute Gasteiger partial charge is 0.175 e. The summed E-state index contributed by atoms with van der Waals surface area (Å²) >= 11 is 1.42. The summed E-state index contributed by atoms with van der Waals surface area (Å²) in [7, 11) is -3.42. The summed E-state index contributed by atoms with van der Waals surface area (Å²) in [5, 5.41) is 1.79. The largest absolute Gasteiger partial charge is 0.243 e. The maximum absolute atomic E-state index is 14.2. The van der Waals surface area contributed by atoms with Crippen LogP contribution in [0.15, 0.2) is 41.0 Å². The average Bonchev–Trinajstić information content (AvgIpc) is 2.81. The van der Waals surface area contributed by atoms with Crippen molar-refractivity contribution in [3.63, 3.8) is 0 Å². The monoisotopic (exact) mass is 308 g/mol. The highest BCUT2D eigenvalue weighted by Gasteiger charge is 2.15. The zero-order valence-corrected chi connectivity index (χ0v) is 12.0. The molecule has 0 fully saturated rings. The first-order chi connectivity index (χ1) is 9.47. The Morgan fingerprint density at radius 3 is 2.75 bits per heavy atom.